The molecule has 5 nitrogen and oxygen atoms in total. The predicted octanol–water partition coefficient (Wildman–Crippen LogP) is 3.71. The van der Waals surface area contributed by atoms with Gasteiger partial charge in [-0.1, -0.05) is 17.7 Å². The summed E-state index contributed by atoms with van der Waals surface area (Å²) >= 11 is 12.0. The molecular weight excluding hydrogens is 285 g/mol. The Balaban J connectivity index is 2.10. The van der Waals surface area contributed by atoms with Gasteiger partial charge in [-0.3, -0.25) is 0 Å². The highest BCUT2D eigenvalue weighted by atomic mass is 35.5. The minimum atomic E-state index is 0.130. The number of hydrogen-bond donors (Lipinski definition) is 2. The highest BCUT2D eigenvalue weighted by Crippen LogP contribution is 2.28. The molecular formula is C12H9Cl2N5. The molecule has 0 bridgehead atoms. The first-order valence-electron chi connectivity index (χ1n) is 5.53. The molecule has 0 aliphatic rings. The number of anilines is 2. The smallest absolute Gasteiger partial charge is 0.226 e. The van der Waals surface area contributed by atoms with E-state index in [0.717, 1.165) is 11.3 Å². The van der Waals surface area contributed by atoms with Crippen molar-refractivity contribution in [3.8, 4) is 0 Å². The molecule has 0 spiro atoms. The second-order valence-corrected chi connectivity index (χ2v) is 4.80. The van der Waals surface area contributed by atoms with Gasteiger partial charge in [0.2, 0.25) is 5.28 Å². The van der Waals surface area contributed by atoms with Gasteiger partial charge in [0.25, 0.3) is 0 Å². The summed E-state index contributed by atoms with van der Waals surface area (Å²) in [6.45, 7) is 1.99. The van der Waals surface area contributed by atoms with E-state index in [4.69, 9.17) is 23.2 Å². The summed E-state index contributed by atoms with van der Waals surface area (Å²) in [6.07, 6.45) is 1.54. The van der Waals surface area contributed by atoms with Gasteiger partial charge in [0, 0.05) is 0 Å². The van der Waals surface area contributed by atoms with E-state index in [1.54, 1.807) is 6.33 Å². The molecule has 3 aromatic rings. The monoisotopic (exact) mass is 293 g/mol. The average Bonchev–Trinajstić information content (AvgIpc) is 2.82. The number of H-pyrrole nitrogens is 1. The number of aryl methyl sites for hydroxylation is 1. The third-order valence-electron chi connectivity index (χ3n) is 2.63. The van der Waals surface area contributed by atoms with E-state index in [9.17, 15) is 0 Å². The summed E-state index contributed by atoms with van der Waals surface area (Å²) in [5.74, 6) is 0.542. The van der Waals surface area contributed by atoms with Gasteiger partial charge in [-0.05, 0) is 36.2 Å². The molecule has 0 atom stereocenters. The van der Waals surface area contributed by atoms with Crippen LogP contribution in [-0.4, -0.2) is 19.9 Å². The van der Waals surface area contributed by atoms with Crippen LogP contribution in [0.1, 0.15) is 5.56 Å². The van der Waals surface area contributed by atoms with Crippen LogP contribution in [0.2, 0.25) is 10.3 Å². The fourth-order valence-corrected chi connectivity index (χ4v) is 2.09. The lowest BCUT2D eigenvalue weighted by Crippen LogP contribution is -1.98. The lowest BCUT2D eigenvalue weighted by molar-refractivity contribution is 1.20. The van der Waals surface area contributed by atoms with Gasteiger partial charge < -0.3 is 10.3 Å². The number of benzene rings is 1. The Labute approximate surface area is 119 Å². The second-order valence-electron chi connectivity index (χ2n) is 4.05. The van der Waals surface area contributed by atoms with E-state index in [1.165, 1.54) is 0 Å². The van der Waals surface area contributed by atoms with Gasteiger partial charge in [0.15, 0.2) is 11.5 Å². The molecule has 0 fully saturated rings. The highest BCUT2D eigenvalue weighted by Gasteiger charge is 2.10. The van der Waals surface area contributed by atoms with Crippen molar-refractivity contribution >= 4 is 45.9 Å². The van der Waals surface area contributed by atoms with E-state index in [2.05, 4.69) is 25.3 Å². The zero-order valence-electron chi connectivity index (χ0n) is 9.91. The Morgan fingerprint density at radius 2 is 2.05 bits per heavy atom. The van der Waals surface area contributed by atoms with Crippen molar-refractivity contribution in [2.75, 3.05) is 5.32 Å². The van der Waals surface area contributed by atoms with Gasteiger partial charge >= 0.3 is 0 Å². The summed E-state index contributed by atoms with van der Waals surface area (Å²) in [5, 5.41) is 3.88. The van der Waals surface area contributed by atoms with Gasteiger partial charge in [0.05, 0.1) is 17.0 Å². The number of hydrogen-bond acceptors (Lipinski definition) is 4. The largest absolute Gasteiger partial charge is 0.340 e. The quantitative estimate of drug-likeness (QED) is 0.707. The number of halogens is 2. The van der Waals surface area contributed by atoms with Crippen LogP contribution in [0.25, 0.3) is 11.2 Å². The molecule has 0 saturated heterocycles. The summed E-state index contributed by atoms with van der Waals surface area (Å²) in [5.41, 5.74) is 3.04. The van der Waals surface area contributed by atoms with Crippen molar-refractivity contribution in [2.24, 2.45) is 0 Å². The third-order valence-corrected chi connectivity index (χ3v) is 3.13. The fourth-order valence-electron chi connectivity index (χ4n) is 1.76. The first-order valence-corrected chi connectivity index (χ1v) is 6.29. The number of imidazole rings is 1. The van der Waals surface area contributed by atoms with Crippen LogP contribution in [0.3, 0.4) is 0 Å². The fraction of sp³-hybridized carbons (Fsp3) is 0.0833. The predicted molar refractivity (Wildman–Crippen MR) is 76.2 cm³/mol. The van der Waals surface area contributed by atoms with Crippen LogP contribution in [0, 0.1) is 6.92 Å². The molecule has 2 N–H and O–H groups in total. The minimum absolute atomic E-state index is 0.130. The maximum absolute atomic E-state index is 6.15. The van der Waals surface area contributed by atoms with Crippen LogP contribution >= 0.6 is 23.2 Å². The van der Waals surface area contributed by atoms with Crippen molar-refractivity contribution in [1.29, 1.82) is 0 Å². The van der Waals surface area contributed by atoms with Gasteiger partial charge in [-0.25, -0.2) is 4.98 Å². The molecule has 0 radical (unpaired) electrons. The molecule has 7 heteroatoms. The number of nitrogens with one attached hydrogen (secondary N) is 2. The molecule has 0 saturated carbocycles. The summed E-state index contributed by atoms with van der Waals surface area (Å²) in [6, 6.07) is 5.69. The number of fused-ring (bicyclic) bond motifs is 1. The van der Waals surface area contributed by atoms with E-state index in [-0.39, 0.29) is 5.28 Å². The van der Waals surface area contributed by atoms with Crippen molar-refractivity contribution in [2.45, 2.75) is 6.92 Å². The van der Waals surface area contributed by atoms with Crippen LogP contribution in [0.4, 0.5) is 11.5 Å². The summed E-state index contributed by atoms with van der Waals surface area (Å²) in [7, 11) is 0. The van der Waals surface area contributed by atoms with Crippen LogP contribution in [0.5, 0.6) is 0 Å². The Bertz CT molecular complexity index is 753. The number of aromatic nitrogens is 4. The SMILES string of the molecule is Cc1ccc(Cl)c(Nc2nc(Cl)nc3nc[nH]c23)c1. The molecule has 0 aliphatic carbocycles. The molecule has 0 unspecified atom stereocenters. The van der Waals surface area contributed by atoms with Crippen LogP contribution in [-0.2, 0) is 0 Å². The minimum Gasteiger partial charge on any atom is -0.340 e. The lowest BCUT2D eigenvalue weighted by Gasteiger charge is -2.09. The maximum atomic E-state index is 6.15. The normalized spacial score (nSPS) is 10.9. The molecule has 19 heavy (non-hydrogen) atoms. The van der Waals surface area contributed by atoms with E-state index in [1.807, 2.05) is 25.1 Å². The van der Waals surface area contributed by atoms with Gasteiger partial charge in [0.1, 0.15) is 5.52 Å². The first kappa shape index (κ1) is 12.2. The Morgan fingerprint density at radius 1 is 1.21 bits per heavy atom. The van der Waals surface area contributed by atoms with Crippen molar-refractivity contribution in [3.05, 3.63) is 40.4 Å². The molecule has 0 amide bonds. The van der Waals surface area contributed by atoms with Crippen molar-refractivity contribution in [3.63, 3.8) is 0 Å². The molecule has 1 aromatic carbocycles. The van der Waals surface area contributed by atoms with Crippen molar-refractivity contribution in [1.82, 2.24) is 19.9 Å². The Kier molecular flexibility index (Phi) is 3.00. The summed E-state index contributed by atoms with van der Waals surface area (Å²) in [4.78, 5) is 15.2. The molecule has 2 heterocycles. The average molecular weight is 294 g/mol. The lowest BCUT2D eigenvalue weighted by atomic mass is 10.2. The number of rotatable bonds is 2. The van der Waals surface area contributed by atoms with Gasteiger partial charge in [-0.2, -0.15) is 9.97 Å². The van der Waals surface area contributed by atoms with Crippen LogP contribution in [0.15, 0.2) is 24.5 Å². The Hall–Kier alpha value is -1.85. The Morgan fingerprint density at radius 3 is 2.89 bits per heavy atom. The third kappa shape index (κ3) is 2.34. The molecule has 3 rings (SSSR count). The number of aromatic amines is 1. The molecule has 2 aromatic heterocycles. The molecule has 0 aliphatic heterocycles. The molecule has 96 valence electrons. The first-order chi connectivity index (χ1) is 9.13. The topological polar surface area (TPSA) is 66.5 Å². The van der Waals surface area contributed by atoms with Crippen LogP contribution < -0.4 is 5.32 Å². The second kappa shape index (κ2) is 4.68. The zero-order valence-corrected chi connectivity index (χ0v) is 11.4. The van der Waals surface area contributed by atoms with E-state index >= 15 is 0 Å². The maximum Gasteiger partial charge on any atom is 0.226 e. The van der Waals surface area contributed by atoms with E-state index in [0.29, 0.717) is 22.0 Å². The highest BCUT2D eigenvalue weighted by molar-refractivity contribution is 6.33. The van der Waals surface area contributed by atoms with Crippen molar-refractivity contribution < 1.29 is 0 Å². The summed E-state index contributed by atoms with van der Waals surface area (Å²) < 4.78 is 0. The van der Waals surface area contributed by atoms with Gasteiger partial charge in [-0.15, -0.1) is 0 Å². The zero-order chi connectivity index (χ0) is 13.4. The van der Waals surface area contributed by atoms with E-state index < -0.39 is 0 Å². The standard InChI is InChI=1S/C12H9Cl2N5/c1-6-2-3-7(13)8(4-6)17-11-9-10(16-5-15-9)18-12(14)19-11/h2-5H,1H3,(H2,15,16,17,18,19). The number of nitrogens with zero attached hydrogens (tertiary/aromatic N) is 3.